The van der Waals surface area contributed by atoms with Crippen molar-refractivity contribution in [3.05, 3.63) is 23.2 Å². The van der Waals surface area contributed by atoms with E-state index in [4.69, 9.17) is 16.3 Å². The van der Waals surface area contributed by atoms with Gasteiger partial charge in [0, 0.05) is 24.7 Å². The van der Waals surface area contributed by atoms with Crippen LogP contribution in [0.4, 0.5) is 18.9 Å². The number of alkyl halides is 3. The molecule has 1 aromatic carbocycles. The van der Waals surface area contributed by atoms with Crippen LogP contribution in [0.15, 0.2) is 18.2 Å². The first-order valence-electron chi connectivity index (χ1n) is 7.23. The smallest absolute Gasteiger partial charge is 0.471 e. The Bertz CT molecular complexity index is 629. The van der Waals surface area contributed by atoms with Crippen LogP contribution in [0.3, 0.4) is 0 Å². The molecule has 0 saturated carbocycles. The number of anilines is 1. The molecule has 1 saturated heterocycles. The summed E-state index contributed by atoms with van der Waals surface area (Å²) >= 11 is 5.97. The summed E-state index contributed by atoms with van der Waals surface area (Å²) < 4.78 is 42.2. The molecule has 2 amide bonds. The molecule has 1 aromatic rings. The summed E-state index contributed by atoms with van der Waals surface area (Å²) in [6.07, 6.45) is -4.52. The van der Waals surface area contributed by atoms with Crippen molar-refractivity contribution < 1.29 is 27.5 Å². The van der Waals surface area contributed by atoms with Crippen LogP contribution >= 0.6 is 11.6 Å². The van der Waals surface area contributed by atoms with E-state index >= 15 is 0 Å². The van der Waals surface area contributed by atoms with Gasteiger partial charge in [0.05, 0.1) is 12.1 Å². The molecular weight excluding hydrogens is 349 g/mol. The summed E-state index contributed by atoms with van der Waals surface area (Å²) in [4.78, 5) is 24.1. The summed E-state index contributed by atoms with van der Waals surface area (Å²) in [6.45, 7) is -0.195. The quantitative estimate of drug-likeness (QED) is 0.896. The number of nitrogens with one attached hydrogen (secondary N) is 1. The zero-order valence-corrected chi connectivity index (χ0v) is 13.6. The van der Waals surface area contributed by atoms with Gasteiger partial charge in [-0.3, -0.25) is 9.59 Å². The Kier molecular flexibility index (Phi) is 5.58. The maximum absolute atomic E-state index is 12.4. The van der Waals surface area contributed by atoms with E-state index in [1.807, 2.05) is 0 Å². The molecule has 0 radical (unpaired) electrons. The summed E-state index contributed by atoms with van der Waals surface area (Å²) in [5.74, 6) is -2.16. The van der Waals surface area contributed by atoms with Gasteiger partial charge in [-0.05, 0) is 31.0 Å². The van der Waals surface area contributed by atoms with Crippen molar-refractivity contribution in [2.75, 3.05) is 25.5 Å². The van der Waals surface area contributed by atoms with E-state index in [1.165, 1.54) is 13.2 Å². The van der Waals surface area contributed by atoms with E-state index in [-0.39, 0.29) is 31.8 Å². The average Bonchev–Trinajstić information content (AvgIpc) is 2.53. The van der Waals surface area contributed by atoms with E-state index in [2.05, 4.69) is 5.32 Å². The van der Waals surface area contributed by atoms with Crippen molar-refractivity contribution in [2.24, 2.45) is 5.92 Å². The highest BCUT2D eigenvalue weighted by atomic mass is 35.5. The lowest BCUT2D eigenvalue weighted by molar-refractivity contribution is -0.186. The van der Waals surface area contributed by atoms with Crippen LogP contribution in [0, 0.1) is 5.92 Å². The predicted octanol–water partition coefficient (Wildman–Crippen LogP) is 3.09. The summed E-state index contributed by atoms with van der Waals surface area (Å²) in [5.41, 5.74) is 0.472. The van der Waals surface area contributed by atoms with Gasteiger partial charge < -0.3 is 15.0 Å². The van der Waals surface area contributed by atoms with Gasteiger partial charge in [0.15, 0.2) is 0 Å². The second-order valence-electron chi connectivity index (χ2n) is 5.40. The Morgan fingerprint density at radius 1 is 1.29 bits per heavy atom. The summed E-state index contributed by atoms with van der Waals surface area (Å²) in [7, 11) is 1.47. The normalized spacial score (nSPS) is 16.0. The molecule has 0 spiro atoms. The van der Waals surface area contributed by atoms with Gasteiger partial charge in [-0.2, -0.15) is 13.2 Å². The van der Waals surface area contributed by atoms with E-state index in [0.717, 1.165) is 4.90 Å². The van der Waals surface area contributed by atoms with Crippen molar-refractivity contribution >= 4 is 29.1 Å². The third-order valence-corrected chi connectivity index (χ3v) is 4.11. The Hall–Kier alpha value is -1.96. The number of hydrogen-bond acceptors (Lipinski definition) is 3. The van der Waals surface area contributed by atoms with Crippen LogP contribution in [-0.4, -0.2) is 43.1 Å². The zero-order valence-electron chi connectivity index (χ0n) is 12.8. The first-order chi connectivity index (χ1) is 11.2. The molecule has 0 bridgehead atoms. The Morgan fingerprint density at radius 3 is 2.42 bits per heavy atom. The topological polar surface area (TPSA) is 58.6 Å². The largest absolute Gasteiger partial charge is 0.495 e. The van der Waals surface area contributed by atoms with Crippen molar-refractivity contribution in [3.8, 4) is 5.75 Å². The van der Waals surface area contributed by atoms with Gasteiger partial charge in [-0.15, -0.1) is 0 Å². The number of nitrogens with zero attached hydrogens (tertiary/aromatic N) is 1. The number of likely N-dealkylation sites (tertiary alicyclic amines) is 1. The van der Waals surface area contributed by atoms with Crippen LogP contribution in [0.1, 0.15) is 12.8 Å². The highest BCUT2D eigenvalue weighted by molar-refractivity contribution is 6.32. The Labute approximate surface area is 141 Å². The van der Waals surface area contributed by atoms with Crippen LogP contribution in [0.2, 0.25) is 5.02 Å². The van der Waals surface area contributed by atoms with Crippen LogP contribution in [0.5, 0.6) is 5.75 Å². The fourth-order valence-corrected chi connectivity index (χ4v) is 2.77. The first kappa shape index (κ1) is 18.4. The number of piperidine rings is 1. The van der Waals surface area contributed by atoms with Gasteiger partial charge in [0.2, 0.25) is 5.91 Å². The van der Waals surface area contributed by atoms with Crippen molar-refractivity contribution in [3.63, 3.8) is 0 Å². The van der Waals surface area contributed by atoms with E-state index in [1.54, 1.807) is 12.1 Å². The third kappa shape index (κ3) is 4.31. The molecule has 1 aliphatic heterocycles. The number of carbonyl (C=O) groups is 2. The van der Waals surface area contributed by atoms with Crippen LogP contribution < -0.4 is 10.1 Å². The van der Waals surface area contributed by atoms with Gasteiger partial charge in [0.25, 0.3) is 0 Å². The average molecular weight is 365 g/mol. The summed E-state index contributed by atoms with van der Waals surface area (Å²) in [6, 6.07) is 4.74. The minimum absolute atomic E-state index is 0.0974. The molecule has 1 N–H and O–H groups in total. The highest BCUT2D eigenvalue weighted by Crippen LogP contribution is 2.28. The molecule has 1 heterocycles. The van der Waals surface area contributed by atoms with Gasteiger partial charge in [0.1, 0.15) is 5.75 Å². The second kappa shape index (κ2) is 7.29. The number of hydrogen-bond donors (Lipinski definition) is 1. The fraction of sp³-hybridized carbons (Fsp3) is 0.467. The molecule has 132 valence electrons. The Balaban J connectivity index is 1.91. The maximum Gasteiger partial charge on any atom is 0.471 e. The summed E-state index contributed by atoms with van der Waals surface area (Å²) in [5, 5.41) is 3.01. The number of methoxy groups -OCH3 is 1. The van der Waals surface area contributed by atoms with E-state index in [9.17, 15) is 22.8 Å². The molecule has 9 heteroatoms. The number of halogens is 4. The van der Waals surface area contributed by atoms with Gasteiger partial charge in [-0.1, -0.05) is 11.6 Å². The number of rotatable bonds is 3. The molecule has 24 heavy (non-hydrogen) atoms. The number of amides is 2. The molecule has 1 fully saturated rings. The minimum atomic E-state index is -4.88. The fourth-order valence-electron chi connectivity index (χ4n) is 2.51. The standard InChI is InChI=1S/C15H16ClF3N2O3/c1-24-12-3-2-10(8-11(12)16)20-13(22)9-4-6-21(7-5-9)14(23)15(17,18)19/h2-3,8-9H,4-7H2,1H3,(H,20,22). The van der Waals surface area contributed by atoms with Crippen LogP contribution in [0.25, 0.3) is 0 Å². The number of benzene rings is 1. The van der Waals surface area contributed by atoms with Gasteiger partial charge >= 0.3 is 12.1 Å². The molecule has 0 aliphatic carbocycles. The molecule has 0 atom stereocenters. The first-order valence-corrected chi connectivity index (χ1v) is 7.60. The predicted molar refractivity (Wildman–Crippen MR) is 82.0 cm³/mol. The van der Waals surface area contributed by atoms with Crippen molar-refractivity contribution in [1.29, 1.82) is 0 Å². The van der Waals surface area contributed by atoms with Crippen LogP contribution in [-0.2, 0) is 9.59 Å². The number of carbonyl (C=O) groups excluding carboxylic acids is 2. The molecule has 2 rings (SSSR count). The highest BCUT2D eigenvalue weighted by Gasteiger charge is 2.43. The third-order valence-electron chi connectivity index (χ3n) is 3.81. The molecule has 0 unspecified atom stereocenters. The monoisotopic (exact) mass is 364 g/mol. The lowest BCUT2D eigenvalue weighted by Crippen LogP contribution is -2.46. The lowest BCUT2D eigenvalue weighted by atomic mass is 9.95. The van der Waals surface area contributed by atoms with Crippen molar-refractivity contribution in [1.82, 2.24) is 4.90 Å². The number of ether oxygens (including phenoxy) is 1. The Morgan fingerprint density at radius 2 is 1.92 bits per heavy atom. The zero-order chi connectivity index (χ0) is 17.9. The minimum Gasteiger partial charge on any atom is -0.495 e. The molecular formula is C15H16ClF3N2O3. The van der Waals surface area contributed by atoms with E-state index in [0.29, 0.717) is 16.5 Å². The van der Waals surface area contributed by atoms with Crippen molar-refractivity contribution in [2.45, 2.75) is 19.0 Å². The second-order valence-corrected chi connectivity index (χ2v) is 5.81. The molecule has 5 nitrogen and oxygen atoms in total. The molecule has 1 aliphatic rings. The lowest BCUT2D eigenvalue weighted by Gasteiger charge is -2.31. The molecule has 0 aromatic heterocycles. The van der Waals surface area contributed by atoms with Gasteiger partial charge in [-0.25, -0.2) is 0 Å². The van der Waals surface area contributed by atoms with E-state index < -0.39 is 18.0 Å². The SMILES string of the molecule is COc1ccc(NC(=O)C2CCN(C(=O)C(F)(F)F)CC2)cc1Cl. The maximum atomic E-state index is 12.4.